The molecule has 1 fully saturated rings. The van der Waals surface area contributed by atoms with Crippen LogP contribution in [0.15, 0.2) is 41.8 Å². The number of benzene rings is 1. The summed E-state index contributed by atoms with van der Waals surface area (Å²) in [6.07, 6.45) is 14.2. The summed E-state index contributed by atoms with van der Waals surface area (Å²) in [5.41, 5.74) is 1.41. The Morgan fingerprint density at radius 2 is 1.97 bits per heavy atom. The normalized spacial score (nSPS) is 14.5. The molecule has 6 heteroatoms. The van der Waals surface area contributed by atoms with Crippen molar-refractivity contribution in [3.63, 3.8) is 0 Å². The molecule has 1 aliphatic rings. The molecule has 0 bridgehead atoms. The molecule has 0 atom stereocenters. The summed E-state index contributed by atoms with van der Waals surface area (Å²) in [6.45, 7) is 1.83. The molecule has 1 aromatic heterocycles. The first-order valence-electron chi connectivity index (χ1n) is 9.83. The van der Waals surface area contributed by atoms with Crippen LogP contribution in [0.4, 0.5) is 10.8 Å². The highest BCUT2D eigenvalue weighted by Gasteiger charge is 2.23. The zero-order valence-corrected chi connectivity index (χ0v) is 17.4. The number of carbonyl (C=O) groups is 2. The van der Waals surface area contributed by atoms with Gasteiger partial charge in [0.15, 0.2) is 5.13 Å². The van der Waals surface area contributed by atoms with E-state index in [-0.39, 0.29) is 17.9 Å². The van der Waals surface area contributed by atoms with Crippen LogP contribution in [-0.2, 0) is 9.59 Å². The van der Waals surface area contributed by atoms with Crippen LogP contribution < -0.4 is 4.90 Å². The standard InChI is InChI=1S/C23H25N3O2S/c1-3-16-25(20-10-6-4-7-11-20)22(28)15-14-19-17-29-23(24-19)26(18(2)27)21-12-8-5-9-13-21/h1,5,8-9,12-15,17,20H,4,6-7,10-11,16H2,2H3/b15-14+. The van der Waals surface area contributed by atoms with Gasteiger partial charge in [-0.1, -0.05) is 43.4 Å². The van der Waals surface area contributed by atoms with Crippen molar-refractivity contribution in [2.75, 3.05) is 11.4 Å². The third kappa shape index (κ3) is 5.33. The number of thiazole rings is 1. The molecule has 2 amide bonds. The monoisotopic (exact) mass is 407 g/mol. The summed E-state index contributed by atoms with van der Waals surface area (Å²) in [7, 11) is 0. The average molecular weight is 408 g/mol. The second-order valence-corrected chi connectivity index (χ2v) is 7.88. The predicted octanol–water partition coefficient (Wildman–Crippen LogP) is 4.64. The van der Waals surface area contributed by atoms with E-state index in [0.29, 0.717) is 17.4 Å². The van der Waals surface area contributed by atoms with Crippen LogP contribution >= 0.6 is 11.3 Å². The van der Waals surface area contributed by atoms with Crippen LogP contribution in [0.5, 0.6) is 0 Å². The molecule has 0 spiro atoms. The molecular weight excluding hydrogens is 382 g/mol. The molecule has 2 aromatic rings. The molecule has 150 valence electrons. The summed E-state index contributed by atoms with van der Waals surface area (Å²) in [6, 6.07) is 9.60. The molecule has 0 radical (unpaired) electrons. The van der Waals surface area contributed by atoms with Crippen LogP contribution in [0.25, 0.3) is 6.08 Å². The quantitative estimate of drug-likeness (QED) is 0.518. The number of hydrogen-bond acceptors (Lipinski definition) is 4. The van der Waals surface area contributed by atoms with Gasteiger partial charge in [0, 0.05) is 24.4 Å². The zero-order valence-electron chi connectivity index (χ0n) is 16.6. The van der Waals surface area contributed by atoms with E-state index in [1.807, 2.05) is 35.7 Å². The first kappa shape index (κ1) is 20.8. The molecule has 5 nitrogen and oxygen atoms in total. The van der Waals surface area contributed by atoms with Gasteiger partial charge in [0.2, 0.25) is 11.8 Å². The Morgan fingerprint density at radius 1 is 1.24 bits per heavy atom. The Morgan fingerprint density at radius 3 is 2.62 bits per heavy atom. The molecule has 29 heavy (non-hydrogen) atoms. The van der Waals surface area contributed by atoms with Crippen LogP contribution in [0.2, 0.25) is 0 Å². The number of para-hydroxylation sites is 1. The summed E-state index contributed by atoms with van der Waals surface area (Å²) in [5, 5.41) is 2.41. The molecular formula is C23H25N3O2S. The Balaban J connectivity index is 1.74. The maximum Gasteiger partial charge on any atom is 0.247 e. The van der Waals surface area contributed by atoms with Gasteiger partial charge in [-0.15, -0.1) is 17.8 Å². The largest absolute Gasteiger partial charge is 0.325 e. The van der Waals surface area contributed by atoms with E-state index in [9.17, 15) is 9.59 Å². The van der Waals surface area contributed by atoms with E-state index in [0.717, 1.165) is 31.4 Å². The van der Waals surface area contributed by atoms with Gasteiger partial charge < -0.3 is 4.90 Å². The van der Waals surface area contributed by atoms with Crippen molar-refractivity contribution in [2.24, 2.45) is 0 Å². The topological polar surface area (TPSA) is 53.5 Å². The second-order valence-electron chi connectivity index (χ2n) is 7.04. The molecule has 1 aliphatic carbocycles. The van der Waals surface area contributed by atoms with E-state index >= 15 is 0 Å². The van der Waals surface area contributed by atoms with Crippen molar-refractivity contribution in [1.82, 2.24) is 9.88 Å². The minimum Gasteiger partial charge on any atom is -0.325 e. The van der Waals surface area contributed by atoms with Crippen LogP contribution in [0.1, 0.15) is 44.7 Å². The SMILES string of the molecule is C#CCN(C(=O)/C=C/c1csc(N(C(C)=O)c2ccccc2)n1)C1CCCCC1. The molecule has 0 unspecified atom stereocenters. The van der Waals surface area contributed by atoms with E-state index in [1.54, 1.807) is 15.9 Å². The number of amides is 2. The van der Waals surface area contributed by atoms with Gasteiger partial charge in [-0.2, -0.15) is 0 Å². The highest BCUT2D eigenvalue weighted by atomic mass is 32.1. The summed E-state index contributed by atoms with van der Waals surface area (Å²) in [5.74, 6) is 2.40. The van der Waals surface area contributed by atoms with Gasteiger partial charge in [-0.05, 0) is 31.1 Å². The number of aromatic nitrogens is 1. The number of carbonyl (C=O) groups excluding carboxylic acids is 2. The number of rotatable bonds is 6. The lowest BCUT2D eigenvalue weighted by Gasteiger charge is -2.32. The summed E-state index contributed by atoms with van der Waals surface area (Å²) >= 11 is 1.36. The minimum atomic E-state index is -0.116. The smallest absolute Gasteiger partial charge is 0.247 e. The van der Waals surface area contributed by atoms with E-state index in [1.165, 1.54) is 30.8 Å². The summed E-state index contributed by atoms with van der Waals surface area (Å²) in [4.78, 5) is 32.8. The fourth-order valence-corrected chi connectivity index (χ4v) is 4.44. The highest BCUT2D eigenvalue weighted by molar-refractivity contribution is 7.14. The first-order chi connectivity index (χ1) is 14.1. The summed E-state index contributed by atoms with van der Waals surface area (Å²) < 4.78 is 0. The van der Waals surface area contributed by atoms with Crippen LogP contribution in [0.3, 0.4) is 0 Å². The highest BCUT2D eigenvalue weighted by Crippen LogP contribution is 2.29. The van der Waals surface area contributed by atoms with Gasteiger partial charge in [0.05, 0.1) is 17.9 Å². The molecule has 1 heterocycles. The molecule has 0 saturated heterocycles. The third-order valence-electron chi connectivity index (χ3n) is 4.99. The fraction of sp³-hybridized carbons (Fsp3) is 0.348. The van der Waals surface area contributed by atoms with Gasteiger partial charge >= 0.3 is 0 Å². The lowest BCUT2D eigenvalue weighted by Crippen LogP contribution is -2.40. The Kier molecular flexibility index (Phi) is 7.20. The first-order valence-corrected chi connectivity index (χ1v) is 10.7. The van der Waals surface area contributed by atoms with E-state index < -0.39 is 0 Å². The van der Waals surface area contributed by atoms with Crippen molar-refractivity contribution in [3.8, 4) is 12.3 Å². The Labute approximate surface area is 176 Å². The maximum absolute atomic E-state index is 12.7. The Bertz CT molecular complexity index is 908. The van der Waals surface area contributed by atoms with Crippen molar-refractivity contribution in [3.05, 3.63) is 47.5 Å². The Hall–Kier alpha value is -2.91. The number of hydrogen-bond donors (Lipinski definition) is 0. The molecule has 0 aliphatic heterocycles. The van der Waals surface area contributed by atoms with Crippen molar-refractivity contribution >= 4 is 40.0 Å². The molecule has 3 rings (SSSR count). The number of nitrogens with zero attached hydrogens (tertiary/aromatic N) is 3. The predicted molar refractivity (Wildman–Crippen MR) is 118 cm³/mol. The minimum absolute atomic E-state index is 0.0871. The van der Waals surface area contributed by atoms with Gasteiger partial charge in [-0.25, -0.2) is 4.98 Å². The van der Waals surface area contributed by atoms with Crippen molar-refractivity contribution in [1.29, 1.82) is 0 Å². The number of anilines is 2. The van der Waals surface area contributed by atoms with Gasteiger partial charge in [0.1, 0.15) is 0 Å². The third-order valence-corrected chi connectivity index (χ3v) is 5.83. The maximum atomic E-state index is 12.7. The van der Waals surface area contributed by atoms with Gasteiger partial charge in [0.25, 0.3) is 0 Å². The molecule has 1 aromatic carbocycles. The fourth-order valence-electron chi connectivity index (χ4n) is 3.59. The van der Waals surface area contributed by atoms with Crippen molar-refractivity contribution < 1.29 is 9.59 Å². The molecule has 1 saturated carbocycles. The number of terminal acetylenes is 1. The second kappa shape index (κ2) is 10.0. The zero-order chi connectivity index (χ0) is 20.6. The average Bonchev–Trinajstić information content (AvgIpc) is 3.20. The van der Waals surface area contributed by atoms with E-state index in [4.69, 9.17) is 6.42 Å². The van der Waals surface area contributed by atoms with E-state index in [2.05, 4.69) is 10.9 Å². The van der Waals surface area contributed by atoms with Crippen LogP contribution in [0, 0.1) is 12.3 Å². The van der Waals surface area contributed by atoms with Gasteiger partial charge in [-0.3, -0.25) is 14.5 Å². The lowest BCUT2D eigenvalue weighted by molar-refractivity contribution is -0.128. The lowest BCUT2D eigenvalue weighted by atomic mass is 9.94. The van der Waals surface area contributed by atoms with Crippen LogP contribution in [-0.4, -0.2) is 34.3 Å². The molecule has 0 N–H and O–H groups in total. The van der Waals surface area contributed by atoms with Crippen molar-refractivity contribution in [2.45, 2.75) is 45.1 Å².